The van der Waals surface area contributed by atoms with Gasteiger partial charge in [0, 0.05) is 46.9 Å². The highest BCUT2D eigenvalue weighted by Crippen LogP contribution is 2.14. The lowest BCUT2D eigenvalue weighted by Gasteiger charge is -2.34. The van der Waals surface area contributed by atoms with Gasteiger partial charge in [0.2, 0.25) is 5.91 Å². The summed E-state index contributed by atoms with van der Waals surface area (Å²) < 4.78 is 11.1. The van der Waals surface area contributed by atoms with Crippen molar-refractivity contribution in [1.82, 2.24) is 20.4 Å². The van der Waals surface area contributed by atoms with Gasteiger partial charge in [-0.25, -0.2) is 9.79 Å². The van der Waals surface area contributed by atoms with Gasteiger partial charge < -0.3 is 29.9 Å². The molecule has 30 heavy (non-hydrogen) atoms. The molecule has 9 nitrogen and oxygen atoms in total. The number of hydrogen-bond donors (Lipinski definition) is 2. The summed E-state index contributed by atoms with van der Waals surface area (Å²) in [6.07, 6.45) is 2.38. The Morgan fingerprint density at radius 1 is 1.17 bits per heavy atom. The number of nitrogens with zero attached hydrogens (tertiary/aromatic N) is 3. The second-order valence-electron chi connectivity index (χ2n) is 8.30. The van der Waals surface area contributed by atoms with Gasteiger partial charge >= 0.3 is 6.09 Å². The van der Waals surface area contributed by atoms with Gasteiger partial charge in [0.05, 0.1) is 6.10 Å². The van der Waals surface area contributed by atoms with Gasteiger partial charge in [-0.3, -0.25) is 4.79 Å². The maximum atomic E-state index is 11.8. The third-order valence-electron chi connectivity index (χ3n) is 4.28. The molecule has 176 valence electrons. The monoisotopic (exact) mass is 541 g/mol. The van der Waals surface area contributed by atoms with Gasteiger partial charge in [0.15, 0.2) is 5.96 Å². The number of alkyl carbamates (subject to hydrolysis) is 1. The standard InChI is InChI=1S/C20H39N5O4.HI/c1-7-21-18(23-15-17(26)24(5)6)25-12-9-16(10-13-25)28-14-8-11-22-19(27)29-20(2,3)4;/h16H,7-15H2,1-6H3,(H,21,23)(H,22,27);1H. The summed E-state index contributed by atoms with van der Waals surface area (Å²) in [4.78, 5) is 31.6. The van der Waals surface area contributed by atoms with Crippen molar-refractivity contribution in [3.05, 3.63) is 0 Å². The predicted octanol–water partition coefficient (Wildman–Crippen LogP) is 2.05. The lowest BCUT2D eigenvalue weighted by molar-refractivity contribution is -0.127. The first-order chi connectivity index (χ1) is 13.6. The molecule has 2 N–H and O–H groups in total. The molecule has 0 radical (unpaired) electrons. The zero-order chi connectivity index (χ0) is 21.9. The summed E-state index contributed by atoms with van der Waals surface area (Å²) in [5.74, 6) is 0.765. The van der Waals surface area contributed by atoms with Crippen molar-refractivity contribution in [3.8, 4) is 0 Å². The molecule has 1 rings (SSSR count). The SMILES string of the molecule is CCNC(=NCC(=O)N(C)C)N1CCC(OCCCNC(=O)OC(C)(C)C)CC1.I. The van der Waals surface area contributed by atoms with Gasteiger partial charge in [0.1, 0.15) is 12.1 Å². The number of piperidine rings is 1. The molecule has 2 amide bonds. The summed E-state index contributed by atoms with van der Waals surface area (Å²) in [7, 11) is 3.47. The van der Waals surface area contributed by atoms with Gasteiger partial charge in [-0.2, -0.15) is 0 Å². The van der Waals surface area contributed by atoms with Crippen molar-refractivity contribution in [3.63, 3.8) is 0 Å². The van der Waals surface area contributed by atoms with E-state index in [1.165, 1.54) is 0 Å². The Kier molecular flexibility index (Phi) is 14.0. The van der Waals surface area contributed by atoms with Crippen molar-refractivity contribution in [2.75, 3.05) is 53.4 Å². The summed E-state index contributed by atoms with van der Waals surface area (Å²) in [5.41, 5.74) is -0.483. The van der Waals surface area contributed by atoms with E-state index in [4.69, 9.17) is 9.47 Å². The van der Waals surface area contributed by atoms with Crippen molar-refractivity contribution in [2.45, 2.75) is 58.7 Å². The normalized spacial score (nSPS) is 15.3. The first kappa shape index (κ1) is 28.7. The van der Waals surface area contributed by atoms with Gasteiger partial charge in [-0.15, -0.1) is 24.0 Å². The zero-order valence-corrected chi connectivity index (χ0v) is 21.7. The quantitative estimate of drug-likeness (QED) is 0.212. The van der Waals surface area contributed by atoms with Crippen LogP contribution in [0.3, 0.4) is 0 Å². The van der Waals surface area contributed by atoms with Crippen molar-refractivity contribution in [1.29, 1.82) is 0 Å². The largest absolute Gasteiger partial charge is 0.444 e. The molecule has 1 aliphatic rings. The number of likely N-dealkylation sites (tertiary alicyclic amines) is 1. The van der Waals surface area contributed by atoms with E-state index >= 15 is 0 Å². The molecule has 0 spiro atoms. The van der Waals surface area contributed by atoms with Crippen LogP contribution in [-0.2, 0) is 14.3 Å². The Bertz CT molecular complexity index is 544. The third kappa shape index (κ3) is 12.4. The van der Waals surface area contributed by atoms with Crippen LogP contribution in [0.15, 0.2) is 4.99 Å². The van der Waals surface area contributed by atoms with Gasteiger partial charge in [-0.1, -0.05) is 0 Å². The van der Waals surface area contributed by atoms with Crippen molar-refractivity contribution in [2.24, 2.45) is 4.99 Å². The second kappa shape index (κ2) is 14.7. The number of carbonyl (C=O) groups is 2. The maximum absolute atomic E-state index is 11.8. The van der Waals surface area contributed by atoms with Crippen LogP contribution in [0.5, 0.6) is 0 Å². The summed E-state index contributed by atoms with van der Waals surface area (Å²) in [6, 6.07) is 0. The summed E-state index contributed by atoms with van der Waals surface area (Å²) in [6.45, 7) is 11.3. The molecular weight excluding hydrogens is 501 g/mol. The fourth-order valence-electron chi connectivity index (χ4n) is 2.77. The highest BCUT2D eigenvalue weighted by Gasteiger charge is 2.22. The number of hydrogen-bond acceptors (Lipinski definition) is 5. The van der Waals surface area contributed by atoms with Crippen LogP contribution in [-0.4, -0.2) is 92.9 Å². The van der Waals surface area contributed by atoms with Crippen molar-refractivity contribution >= 4 is 41.9 Å². The number of rotatable bonds is 8. The molecule has 1 fully saturated rings. The first-order valence-electron chi connectivity index (χ1n) is 10.4. The molecule has 0 aromatic rings. The molecule has 0 aromatic carbocycles. The van der Waals surface area contributed by atoms with Gasteiger partial charge in [-0.05, 0) is 47.0 Å². The van der Waals surface area contributed by atoms with Crippen LogP contribution in [0.4, 0.5) is 4.79 Å². The smallest absolute Gasteiger partial charge is 0.407 e. The molecular formula is C20H40IN5O4. The average molecular weight is 541 g/mol. The summed E-state index contributed by atoms with van der Waals surface area (Å²) in [5, 5.41) is 6.00. The Balaban J connectivity index is 0.00000841. The minimum Gasteiger partial charge on any atom is -0.444 e. The number of halogens is 1. The molecule has 10 heteroatoms. The fraction of sp³-hybridized carbons (Fsp3) is 0.850. The molecule has 0 aliphatic carbocycles. The third-order valence-corrected chi connectivity index (χ3v) is 4.28. The van der Waals surface area contributed by atoms with Crippen LogP contribution in [0.25, 0.3) is 0 Å². The van der Waals surface area contributed by atoms with Crippen LogP contribution >= 0.6 is 24.0 Å². The Labute approximate surface area is 198 Å². The van der Waals surface area contributed by atoms with E-state index in [-0.39, 0.29) is 42.5 Å². The van der Waals surface area contributed by atoms with E-state index in [2.05, 4.69) is 20.5 Å². The van der Waals surface area contributed by atoms with E-state index in [1.54, 1.807) is 19.0 Å². The molecule has 0 aromatic heterocycles. The number of carbonyl (C=O) groups excluding carboxylic acids is 2. The molecule has 0 atom stereocenters. The summed E-state index contributed by atoms with van der Waals surface area (Å²) >= 11 is 0. The molecule has 0 bridgehead atoms. The average Bonchev–Trinajstić information content (AvgIpc) is 2.63. The zero-order valence-electron chi connectivity index (χ0n) is 19.3. The highest BCUT2D eigenvalue weighted by molar-refractivity contribution is 14.0. The molecule has 0 unspecified atom stereocenters. The Morgan fingerprint density at radius 2 is 1.80 bits per heavy atom. The van der Waals surface area contributed by atoms with E-state index < -0.39 is 11.7 Å². The number of likely N-dealkylation sites (N-methyl/N-ethyl adjacent to an activating group) is 1. The van der Waals surface area contributed by atoms with Crippen LogP contribution in [0.1, 0.15) is 47.0 Å². The molecule has 1 aliphatic heterocycles. The van der Waals surface area contributed by atoms with Crippen LogP contribution in [0.2, 0.25) is 0 Å². The number of ether oxygens (including phenoxy) is 2. The Morgan fingerprint density at radius 3 is 2.33 bits per heavy atom. The van der Waals surface area contributed by atoms with E-state index in [1.807, 2.05) is 27.7 Å². The number of guanidine groups is 1. The Hall–Kier alpha value is -1.30. The predicted molar refractivity (Wildman–Crippen MR) is 129 cm³/mol. The van der Waals surface area contributed by atoms with Crippen LogP contribution < -0.4 is 10.6 Å². The number of nitrogens with one attached hydrogen (secondary N) is 2. The maximum Gasteiger partial charge on any atom is 0.407 e. The highest BCUT2D eigenvalue weighted by atomic mass is 127. The molecule has 1 heterocycles. The fourth-order valence-corrected chi connectivity index (χ4v) is 2.77. The topological polar surface area (TPSA) is 95.5 Å². The number of amides is 2. The van der Waals surface area contributed by atoms with Crippen LogP contribution in [0, 0.1) is 0 Å². The number of aliphatic imine (C=N–C) groups is 1. The second-order valence-corrected chi connectivity index (χ2v) is 8.30. The minimum absolute atomic E-state index is 0. The lowest BCUT2D eigenvalue weighted by Crippen LogP contribution is -2.47. The van der Waals surface area contributed by atoms with E-state index in [9.17, 15) is 9.59 Å². The van der Waals surface area contributed by atoms with E-state index in [0.29, 0.717) is 13.2 Å². The molecule has 1 saturated heterocycles. The molecule has 0 saturated carbocycles. The van der Waals surface area contributed by atoms with Gasteiger partial charge in [0.25, 0.3) is 0 Å². The van der Waals surface area contributed by atoms with Crippen molar-refractivity contribution < 1.29 is 19.1 Å². The van der Waals surface area contributed by atoms with E-state index in [0.717, 1.165) is 44.9 Å². The lowest BCUT2D eigenvalue weighted by atomic mass is 10.1. The minimum atomic E-state index is -0.483. The first-order valence-corrected chi connectivity index (χ1v) is 10.4.